The summed E-state index contributed by atoms with van der Waals surface area (Å²) in [5.41, 5.74) is 0.298. The van der Waals surface area contributed by atoms with E-state index in [2.05, 4.69) is 9.88 Å². The molecule has 3 rings (SSSR count). The topological polar surface area (TPSA) is 37.8 Å². The van der Waals surface area contributed by atoms with Crippen LogP contribution in [0, 0.1) is 0 Å². The zero-order valence-corrected chi connectivity index (χ0v) is 15.3. The van der Waals surface area contributed by atoms with Gasteiger partial charge in [-0.3, -0.25) is 4.90 Å². The van der Waals surface area contributed by atoms with Crippen molar-refractivity contribution in [2.24, 2.45) is 0 Å². The van der Waals surface area contributed by atoms with Crippen LogP contribution >= 0.6 is 0 Å². The van der Waals surface area contributed by atoms with Gasteiger partial charge in [-0.05, 0) is 30.3 Å². The quantitative estimate of drug-likeness (QED) is 0.793. The maximum absolute atomic E-state index is 13.2. The van der Waals surface area contributed by atoms with Crippen molar-refractivity contribution in [2.45, 2.75) is 12.7 Å². The fourth-order valence-electron chi connectivity index (χ4n) is 3.23. The zero-order valence-electron chi connectivity index (χ0n) is 15.3. The highest BCUT2D eigenvalue weighted by atomic mass is 19.4. The summed E-state index contributed by atoms with van der Waals surface area (Å²) >= 11 is 0. The van der Waals surface area contributed by atoms with E-state index in [9.17, 15) is 13.2 Å². The lowest BCUT2D eigenvalue weighted by molar-refractivity contribution is -0.137. The number of hydrogen-bond donors (Lipinski definition) is 0. The first kappa shape index (κ1) is 19.3. The lowest BCUT2D eigenvalue weighted by atomic mass is 10.1. The molecule has 8 heteroatoms. The predicted octanol–water partition coefficient (Wildman–Crippen LogP) is 3.44. The van der Waals surface area contributed by atoms with Gasteiger partial charge in [-0.25, -0.2) is 4.98 Å². The third-order valence-corrected chi connectivity index (χ3v) is 4.65. The minimum Gasteiger partial charge on any atom is -0.497 e. The van der Waals surface area contributed by atoms with Gasteiger partial charge in [0, 0.05) is 44.5 Å². The van der Waals surface area contributed by atoms with Crippen LogP contribution in [0.4, 0.5) is 19.0 Å². The van der Waals surface area contributed by atoms with Crippen molar-refractivity contribution in [3.8, 4) is 11.5 Å². The number of hydrogen-bond acceptors (Lipinski definition) is 5. The molecule has 1 fully saturated rings. The Kier molecular flexibility index (Phi) is 5.74. The van der Waals surface area contributed by atoms with Gasteiger partial charge in [0.1, 0.15) is 17.3 Å². The molecule has 0 unspecified atom stereocenters. The number of methoxy groups -OCH3 is 2. The molecule has 0 amide bonds. The molecule has 1 aliphatic heterocycles. The molecule has 0 radical (unpaired) electrons. The van der Waals surface area contributed by atoms with E-state index in [4.69, 9.17) is 9.47 Å². The van der Waals surface area contributed by atoms with E-state index < -0.39 is 11.7 Å². The average molecular weight is 381 g/mol. The number of halogens is 3. The van der Waals surface area contributed by atoms with Crippen molar-refractivity contribution >= 4 is 5.82 Å². The van der Waals surface area contributed by atoms with Crippen LogP contribution in [-0.4, -0.2) is 50.3 Å². The summed E-state index contributed by atoms with van der Waals surface area (Å²) in [6.07, 6.45) is -3.01. The van der Waals surface area contributed by atoms with Gasteiger partial charge in [0.25, 0.3) is 0 Å². The molecule has 1 aromatic carbocycles. The van der Waals surface area contributed by atoms with Crippen molar-refractivity contribution in [1.29, 1.82) is 0 Å². The summed E-state index contributed by atoms with van der Waals surface area (Å²) in [6.45, 7) is 2.86. The van der Waals surface area contributed by atoms with E-state index in [1.54, 1.807) is 19.1 Å². The molecule has 0 spiro atoms. The van der Waals surface area contributed by atoms with Crippen LogP contribution in [0.3, 0.4) is 0 Å². The molecule has 1 aliphatic rings. The first-order valence-electron chi connectivity index (χ1n) is 8.63. The lowest BCUT2D eigenvalue weighted by Crippen LogP contribution is -2.46. The Morgan fingerprint density at radius 2 is 1.78 bits per heavy atom. The van der Waals surface area contributed by atoms with Gasteiger partial charge in [0.05, 0.1) is 19.8 Å². The molecule has 0 N–H and O–H groups in total. The van der Waals surface area contributed by atoms with E-state index in [1.165, 1.54) is 12.3 Å². The maximum Gasteiger partial charge on any atom is 0.419 e. The molecule has 0 aliphatic carbocycles. The van der Waals surface area contributed by atoms with Crippen molar-refractivity contribution in [2.75, 3.05) is 45.3 Å². The standard InChI is InChI=1S/C19H22F3N3O2/c1-26-15-5-6-17(27-2)14(12-15)13-24-8-10-25(11-9-24)18-16(19(20,21)22)4-3-7-23-18/h3-7,12H,8-11,13H2,1-2H3. The van der Waals surface area contributed by atoms with Crippen LogP contribution in [0.5, 0.6) is 11.5 Å². The van der Waals surface area contributed by atoms with Crippen molar-refractivity contribution in [1.82, 2.24) is 9.88 Å². The Labute approximate surface area is 156 Å². The summed E-state index contributed by atoms with van der Waals surface area (Å²) in [6, 6.07) is 8.01. The van der Waals surface area contributed by atoms with Gasteiger partial charge in [0.15, 0.2) is 0 Å². The zero-order chi connectivity index (χ0) is 19.4. The van der Waals surface area contributed by atoms with Gasteiger partial charge in [-0.15, -0.1) is 0 Å². The number of pyridine rings is 1. The van der Waals surface area contributed by atoms with Gasteiger partial charge in [-0.1, -0.05) is 0 Å². The van der Waals surface area contributed by atoms with Crippen molar-refractivity contribution in [3.63, 3.8) is 0 Å². The van der Waals surface area contributed by atoms with Crippen LogP contribution in [0.25, 0.3) is 0 Å². The molecule has 146 valence electrons. The molecule has 5 nitrogen and oxygen atoms in total. The summed E-state index contributed by atoms with van der Waals surface area (Å²) in [5.74, 6) is 1.51. The Bertz CT molecular complexity index is 775. The van der Waals surface area contributed by atoms with Crippen LogP contribution < -0.4 is 14.4 Å². The third-order valence-electron chi connectivity index (χ3n) is 4.65. The molecule has 2 heterocycles. The van der Waals surface area contributed by atoms with Gasteiger partial charge in [0.2, 0.25) is 0 Å². The fraction of sp³-hybridized carbons (Fsp3) is 0.421. The second-order valence-electron chi connectivity index (χ2n) is 6.31. The molecule has 0 atom stereocenters. The molecule has 2 aromatic rings. The van der Waals surface area contributed by atoms with E-state index in [0.29, 0.717) is 32.7 Å². The molecule has 27 heavy (non-hydrogen) atoms. The molecule has 1 aromatic heterocycles. The van der Waals surface area contributed by atoms with Crippen molar-refractivity contribution < 1.29 is 22.6 Å². The SMILES string of the molecule is COc1ccc(OC)c(CN2CCN(c3ncccc3C(F)(F)F)CC2)c1. The number of alkyl halides is 3. The summed E-state index contributed by atoms with van der Waals surface area (Å²) in [4.78, 5) is 7.86. The highest BCUT2D eigenvalue weighted by Crippen LogP contribution is 2.35. The minimum absolute atomic E-state index is 0.00334. The van der Waals surface area contributed by atoms with Crippen LogP contribution in [-0.2, 0) is 12.7 Å². The maximum atomic E-state index is 13.2. The summed E-state index contributed by atoms with van der Waals surface area (Å²) in [5, 5.41) is 0. The summed E-state index contributed by atoms with van der Waals surface area (Å²) in [7, 11) is 3.22. The van der Waals surface area contributed by atoms with Gasteiger partial charge < -0.3 is 14.4 Å². The first-order valence-corrected chi connectivity index (χ1v) is 8.63. The van der Waals surface area contributed by atoms with E-state index in [0.717, 1.165) is 23.1 Å². The molecule has 0 saturated carbocycles. The molecular formula is C19H22F3N3O2. The first-order chi connectivity index (χ1) is 12.9. The molecule has 0 bridgehead atoms. The van der Waals surface area contributed by atoms with Gasteiger partial charge in [-0.2, -0.15) is 13.2 Å². The van der Waals surface area contributed by atoms with Gasteiger partial charge >= 0.3 is 6.18 Å². The Morgan fingerprint density at radius 1 is 1.04 bits per heavy atom. The van der Waals surface area contributed by atoms with Crippen LogP contribution in [0.15, 0.2) is 36.5 Å². The molecule has 1 saturated heterocycles. The number of nitrogens with zero attached hydrogens (tertiary/aromatic N) is 3. The highest BCUT2D eigenvalue weighted by molar-refractivity contribution is 5.49. The predicted molar refractivity (Wildman–Crippen MR) is 96.3 cm³/mol. The number of piperazine rings is 1. The van der Waals surface area contributed by atoms with Crippen LogP contribution in [0.1, 0.15) is 11.1 Å². The van der Waals surface area contributed by atoms with E-state index in [-0.39, 0.29) is 5.82 Å². The second kappa shape index (κ2) is 8.04. The highest BCUT2D eigenvalue weighted by Gasteiger charge is 2.36. The van der Waals surface area contributed by atoms with E-state index >= 15 is 0 Å². The number of rotatable bonds is 5. The second-order valence-corrected chi connectivity index (χ2v) is 6.31. The van der Waals surface area contributed by atoms with Crippen LogP contribution in [0.2, 0.25) is 0 Å². The average Bonchev–Trinajstić information content (AvgIpc) is 2.68. The normalized spacial score (nSPS) is 15.7. The Hall–Kier alpha value is -2.48. The number of anilines is 1. The largest absolute Gasteiger partial charge is 0.497 e. The van der Waals surface area contributed by atoms with Crippen molar-refractivity contribution in [3.05, 3.63) is 47.7 Å². The Balaban J connectivity index is 1.69. The minimum atomic E-state index is -4.41. The number of ether oxygens (including phenoxy) is 2. The monoisotopic (exact) mass is 381 g/mol. The number of benzene rings is 1. The fourth-order valence-corrected chi connectivity index (χ4v) is 3.23. The smallest absolute Gasteiger partial charge is 0.419 e. The molecular weight excluding hydrogens is 359 g/mol. The third kappa shape index (κ3) is 4.44. The lowest BCUT2D eigenvalue weighted by Gasteiger charge is -2.36. The Morgan fingerprint density at radius 3 is 2.41 bits per heavy atom. The van der Waals surface area contributed by atoms with E-state index in [1.807, 2.05) is 18.2 Å². The number of aromatic nitrogens is 1. The summed E-state index contributed by atoms with van der Waals surface area (Å²) < 4.78 is 50.3.